The number of anilines is 2. The topological polar surface area (TPSA) is 95.6 Å². The average Bonchev–Trinajstić information content (AvgIpc) is 2.60. The fraction of sp³-hybridized carbons (Fsp3) is 0.222. The van der Waals surface area contributed by atoms with Crippen molar-refractivity contribution in [1.82, 2.24) is 4.31 Å². The van der Waals surface area contributed by atoms with Crippen molar-refractivity contribution in [2.75, 3.05) is 23.7 Å². The van der Waals surface area contributed by atoms with E-state index in [0.29, 0.717) is 16.4 Å². The van der Waals surface area contributed by atoms with Gasteiger partial charge in [0.05, 0.1) is 11.4 Å². The maximum Gasteiger partial charge on any atom is 0.243 e. The molecule has 7 nitrogen and oxygen atoms in total. The molecule has 2 N–H and O–H groups in total. The molecule has 0 fully saturated rings. The molecule has 0 heterocycles. The normalized spacial score (nSPS) is 11.3. The lowest BCUT2D eigenvalue weighted by Crippen LogP contribution is -2.37. The molecule has 144 valence electrons. The summed E-state index contributed by atoms with van der Waals surface area (Å²) in [6.07, 6.45) is 0. The lowest BCUT2D eigenvalue weighted by atomic mass is 10.2. The molecule has 0 saturated heterocycles. The van der Waals surface area contributed by atoms with Crippen LogP contribution in [-0.4, -0.2) is 37.6 Å². The molecule has 0 aliphatic carbocycles. The lowest BCUT2D eigenvalue weighted by Gasteiger charge is -2.20. The fourth-order valence-electron chi connectivity index (χ4n) is 2.34. The zero-order valence-electron chi connectivity index (χ0n) is 14.9. The maximum absolute atomic E-state index is 12.7. The predicted molar refractivity (Wildman–Crippen MR) is 105 cm³/mol. The molecule has 2 aromatic carbocycles. The molecular formula is C18H20ClN3O4S. The number of benzene rings is 2. The molecule has 0 spiro atoms. The second-order valence-corrected chi connectivity index (χ2v) is 8.07. The first-order valence-electron chi connectivity index (χ1n) is 8.15. The third kappa shape index (κ3) is 5.78. The molecule has 0 bridgehead atoms. The molecule has 2 rings (SSSR count). The molecule has 2 amide bonds. The molecule has 9 heteroatoms. The number of likely N-dealkylation sites (N-methyl/N-ethyl adjacent to an activating group) is 1. The van der Waals surface area contributed by atoms with Gasteiger partial charge >= 0.3 is 0 Å². The maximum atomic E-state index is 12.7. The largest absolute Gasteiger partial charge is 0.326 e. The zero-order valence-corrected chi connectivity index (χ0v) is 16.5. The number of carbonyl (C=O) groups is 2. The third-order valence-electron chi connectivity index (χ3n) is 3.60. The molecule has 27 heavy (non-hydrogen) atoms. The van der Waals surface area contributed by atoms with Crippen LogP contribution >= 0.6 is 11.6 Å². The molecule has 0 radical (unpaired) electrons. The van der Waals surface area contributed by atoms with E-state index < -0.39 is 15.9 Å². The monoisotopic (exact) mass is 409 g/mol. The van der Waals surface area contributed by atoms with E-state index in [1.807, 2.05) is 0 Å². The van der Waals surface area contributed by atoms with E-state index in [9.17, 15) is 18.0 Å². The second-order valence-electron chi connectivity index (χ2n) is 5.70. The number of carbonyl (C=O) groups excluding carboxylic acids is 2. The molecule has 2 aromatic rings. The minimum Gasteiger partial charge on any atom is -0.326 e. The van der Waals surface area contributed by atoms with Crippen molar-refractivity contribution in [2.45, 2.75) is 18.7 Å². The second kappa shape index (κ2) is 8.98. The number of sulfonamides is 1. The summed E-state index contributed by atoms with van der Waals surface area (Å²) in [6.45, 7) is 2.84. The van der Waals surface area contributed by atoms with Crippen molar-refractivity contribution in [2.24, 2.45) is 0 Å². The zero-order chi connectivity index (χ0) is 20.0. The molecule has 0 unspecified atom stereocenters. The van der Waals surface area contributed by atoms with Crippen LogP contribution in [-0.2, 0) is 19.6 Å². The molecule has 0 saturated carbocycles. The Bertz CT molecular complexity index is 930. The van der Waals surface area contributed by atoms with Crippen molar-refractivity contribution in [1.29, 1.82) is 0 Å². The van der Waals surface area contributed by atoms with Crippen LogP contribution in [0.15, 0.2) is 53.4 Å². The highest BCUT2D eigenvalue weighted by Crippen LogP contribution is 2.20. The van der Waals surface area contributed by atoms with Gasteiger partial charge in [0.1, 0.15) is 0 Å². The van der Waals surface area contributed by atoms with Crippen LogP contribution < -0.4 is 10.6 Å². The Morgan fingerprint density at radius 1 is 1.04 bits per heavy atom. The van der Waals surface area contributed by atoms with E-state index in [-0.39, 0.29) is 23.9 Å². The van der Waals surface area contributed by atoms with Crippen LogP contribution in [0.2, 0.25) is 5.02 Å². The third-order valence-corrected chi connectivity index (χ3v) is 5.75. The van der Waals surface area contributed by atoms with Crippen molar-refractivity contribution >= 4 is 44.8 Å². The van der Waals surface area contributed by atoms with Crippen LogP contribution in [0.3, 0.4) is 0 Å². The van der Waals surface area contributed by atoms with Crippen molar-refractivity contribution in [3.8, 4) is 0 Å². The van der Waals surface area contributed by atoms with Gasteiger partial charge in [0.25, 0.3) is 0 Å². The molecule has 0 aliphatic rings. The summed E-state index contributed by atoms with van der Waals surface area (Å²) in [5.41, 5.74) is 1.09. The highest BCUT2D eigenvalue weighted by molar-refractivity contribution is 7.89. The first kappa shape index (κ1) is 20.9. The van der Waals surface area contributed by atoms with Gasteiger partial charge in [-0.1, -0.05) is 24.6 Å². The van der Waals surface area contributed by atoms with Gasteiger partial charge in [-0.3, -0.25) is 9.59 Å². The Kier molecular flexibility index (Phi) is 6.95. The van der Waals surface area contributed by atoms with Crippen LogP contribution in [0.1, 0.15) is 13.8 Å². The number of amides is 2. The Morgan fingerprint density at radius 3 is 2.15 bits per heavy atom. The smallest absolute Gasteiger partial charge is 0.243 e. The first-order valence-corrected chi connectivity index (χ1v) is 9.97. The minimum absolute atomic E-state index is 0.0318. The van der Waals surface area contributed by atoms with E-state index in [1.165, 1.54) is 19.1 Å². The summed E-state index contributed by atoms with van der Waals surface area (Å²) < 4.78 is 26.5. The quantitative estimate of drug-likeness (QED) is 0.734. The van der Waals surface area contributed by atoms with Gasteiger partial charge < -0.3 is 10.6 Å². The number of halogens is 1. The number of hydrogen-bond acceptors (Lipinski definition) is 4. The summed E-state index contributed by atoms with van der Waals surface area (Å²) in [7, 11) is -3.84. The van der Waals surface area contributed by atoms with Gasteiger partial charge in [0, 0.05) is 29.9 Å². The highest BCUT2D eigenvalue weighted by atomic mass is 35.5. The average molecular weight is 410 g/mol. The van der Waals surface area contributed by atoms with Gasteiger partial charge in [-0.25, -0.2) is 8.42 Å². The molecule has 0 aromatic heterocycles. The highest BCUT2D eigenvalue weighted by Gasteiger charge is 2.25. The van der Waals surface area contributed by atoms with E-state index in [2.05, 4.69) is 10.6 Å². The first-order chi connectivity index (χ1) is 12.7. The van der Waals surface area contributed by atoms with Crippen LogP contribution in [0.4, 0.5) is 11.4 Å². The van der Waals surface area contributed by atoms with Crippen molar-refractivity contribution in [3.63, 3.8) is 0 Å². The summed E-state index contributed by atoms with van der Waals surface area (Å²) in [4.78, 5) is 23.3. The Morgan fingerprint density at radius 2 is 1.63 bits per heavy atom. The van der Waals surface area contributed by atoms with Crippen LogP contribution in [0.5, 0.6) is 0 Å². The van der Waals surface area contributed by atoms with Crippen molar-refractivity contribution in [3.05, 3.63) is 53.6 Å². The molecule has 0 aliphatic heterocycles. The Balaban J connectivity index is 2.07. The number of hydrogen-bond donors (Lipinski definition) is 2. The SMILES string of the molecule is CCN(CC(=O)Nc1ccc(NC(C)=O)cc1)S(=O)(=O)c1cccc(Cl)c1. The summed E-state index contributed by atoms with van der Waals surface area (Å²) in [5, 5.41) is 5.56. The number of rotatable bonds is 7. The minimum atomic E-state index is -3.84. The molecular weight excluding hydrogens is 390 g/mol. The van der Waals surface area contributed by atoms with E-state index >= 15 is 0 Å². The van der Waals surface area contributed by atoms with Gasteiger partial charge in [-0.15, -0.1) is 0 Å². The van der Waals surface area contributed by atoms with Crippen LogP contribution in [0, 0.1) is 0 Å². The van der Waals surface area contributed by atoms with Gasteiger partial charge in [0.15, 0.2) is 0 Å². The Labute approximate surface area is 163 Å². The van der Waals surface area contributed by atoms with Gasteiger partial charge in [-0.05, 0) is 42.5 Å². The van der Waals surface area contributed by atoms with Gasteiger partial charge in [-0.2, -0.15) is 4.31 Å². The summed E-state index contributed by atoms with van der Waals surface area (Å²) >= 11 is 5.87. The van der Waals surface area contributed by atoms with Crippen LogP contribution in [0.25, 0.3) is 0 Å². The summed E-state index contributed by atoms with van der Waals surface area (Å²) in [5.74, 6) is -0.675. The number of nitrogens with one attached hydrogen (secondary N) is 2. The van der Waals surface area contributed by atoms with Crippen molar-refractivity contribution < 1.29 is 18.0 Å². The predicted octanol–water partition coefficient (Wildman–Crippen LogP) is 2.95. The summed E-state index contributed by atoms with van der Waals surface area (Å²) in [6, 6.07) is 12.4. The Hall–Kier alpha value is -2.42. The van der Waals surface area contributed by atoms with Gasteiger partial charge in [0.2, 0.25) is 21.8 Å². The van der Waals surface area contributed by atoms with E-state index in [1.54, 1.807) is 43.3 Å². The fourth-order valence-corrected chi connectivity index (χ4v) is 4.05. The van der Waals surface area contributed by atoms with E-state index in [0.717, 1.165) is 4.31 Å². The number of nitrogens with zero attached hydrogens (tertiary/aromatic N) is 1. The lowest BCUT2D eigenvalue weighted by molar-refractivity contribution is -0.116. The van der Waals surface area contributed by atoms with E-state index in [4.69, 9.17) is 11.6 Å². The standard InChI is InChI=1S/C18H20ClN3O4S/c1-3-22(27(25,26)17-6-4-5-14(19)11-17)12-18(24)21-16-9-7-15(8-10-16)20-13(2)23/h4-11H,3,12H2,1-2H3,(H,20,23)(H,21,24). The molecule has 0 atom stereocenters.